The van der Waals surface area contributed by atoms with Crippen LogP contribution in [0.5, 0.6) is 0 Å². The van der Waals surface area contributed by atoms with E-state index >= 15 is 0 Å². The number of hydrogen-bond acceptors (Lipinski definition) is 6. The molecule has 142 valence electrons. The Labute approximate surface area is 159 Å². The minimum Gasteiger partial charge on any atom is -0.338 e. The Morgan fingerprint density at radius 2 is 1.89 bits per heavy atom. The van der Waals surface area contributed by atoms with Gasteiger partial charge in [-0.25, -0.2) is 9.97 Å². The molecular weight excluding hydrogens is 375 g/mol. The van der Waals surface area contributed by atoms with Gasteiger partial charge in [0.2, 0.25) is 5.95 Å². The second-order valence-electron chi connectivity index (χ2n) is 6.33. The monoisotopic (exact) mass is 393 g/mol. The van der Waals surface area contributed by atoms with Crippen LogP contribution in [-0.2, 0) is 6.18 Å². The van der Waals surface area contributed by atoms with E-state index in [2.05, 4.69) is 26.8 Å². The minimum absolute atomic E-state index is 0.384. The summed E-state index contributed by atoms with van der Waals surface area (Å²) in [6.07, 6.45) is -2.93. The van der Waals surface area contributed by atoms with Crippen LogP contribution in [0.15, 0.2) is 34.2 Å². The van der Waals surface area contributed by atoms with Gasteiger partial charge in [0.25, 0.3) is 0 Å². The molecule has 1 fully saturated rings. The number of hydrogen-bond donors (Lipinski definition) is 0. The van der Waals surface area contributed by atoms with Crippen molar-refractivity contribution in [1.29, 1.82) is 5.26 Å². The van der Waals surface area contributed by atoms with Gasteiger partial charge in [0, 0.05) is 37.3 Å². The molecule has 5 nitrogen and oxygen atoms in total. The zero-order valence-corrected chi connectivity index (χ0v) is 15.7. The van der Waals surface area contributed by atoms with Crippen LogP contribution in [0.25, 0.3) is 0 Å². The lowest BCUT2D eigenvalue weighted by Gasteiger charge is -2.32. The first kappa shape index (κ1) is 19.5. The number of likely N-dealkylation sites (N-methyl/N-ethyl adjacent to an activating group) is 1. The molecule has 2 aromatic rings. The highest BCUT2D eigenvalue weighted by Crippen LogP contribution is 2.37. The van der Waals surface area contributed by atoms with E-state index in [0.29, 0.717) is 21.4 Å². The lowest BCUT2D eigenvalue weighted by molar-refractivity contribution is -0.137. The maximum Gasteiger partial charge on any atom is 0.417 e. The summed E-state index contributed by atoms with van der Waals surface area (Å²) < 4.78 is 39.4. The molecule has 0 unspecified atom stereocenters. The number of piperazine rings is 1. The van der Waals surface area contributed by atoms with Crippen molar-refractivity contribution in [3.63, 3.8) is 0 Å². The highest BCUT2D eigenvalue weighted by molar-refractivity contribution is 7.99. The smallest absolute Gasteiger partial charge is 0.338 e. The third kappa shape index (κ3) is 4.51. The number of aryl methyl sites for hydroxylation is 1. The van der Waals surface area contributed by atoms with Gasteiger partial charge in [-0.15, -0.1) is 0 Å². The lowest BCUT2D eigenvalue weighted by Crippen LogP contribution is -2.45. The number of nitrogens with zero attached hydrogens (tertiary/aromatic N) is 5. The summed E-state index contributed by atoms with van der Waals surface area (Å²) in [5.74, 6) is 0.640. The van der Waals surface area contributed by atoms with Gasteiger partial charge < -0.3 is 9.80 Å². The first-order valence-electron chi connectivity index (χ1n) is 8.34. The molecule has 1 aliphatic rings. The third-order valence-corrected chi connectivity index (χ3v) is 5.46. The van der Waals surface area contributed by atoms with Crippen molar-refractivity contribution in [3.05, 3.63) is 41.2 Å². The fraction of sp³-hybridized carbons (Fsp3) is 0.389. The summed E-state index contributed by atoms with van der Waals surface area (Å²) in [5.41, 5.74) is -0.602. The zero-order chi connectivity index (χ0) is 19.6. The topological polar surface area (TPSA) is 56.1 Å². The van der Waals surface area contributed by atoms with Gasteiger partial charge >= 0.3 is 6.18 Å². The molecule has 3 rings (SSSR count). The van der Waals surface area contributed by atoms with Gasteiger partial charge in [0.05, 0.1) is 27.8 Å². The molecule has 0 bridgehead atoms. The maximum atomic E-state index is 13.1. The Hall–Kier alpha value is -2.31. The number of benzene rings is 1. The molecule has 27 heavy (non-hydrogen) atoms. The molecule has 0 radical (unpaired) electrons. The van der Waals surface area contributed by atoms with Crippen molar-refractivity contribution in [2.24, 2.45) is 0 Å². The molecule has 1 saturated heterocycles. The predicted octanol–water partition coefficient (Wildman–Crippen LogP) is 3.58. The molecule has 0 N–H and O–H groups in total. The van der Waals surface area contributed by atoms with Crippen LogP contribution in [-0.4, -0.2) is 48.1 Å². The van der Waals surface area contributed by atoms with Crippen LogP contribution in [0.4, 0.5) is 19.1 Å². The predicted molar refractivity (Wildman–Crippen MR) is 96.8 cm³/mol. The standard InChI is InChI=1S/C18H18F3N5S/c1-12-16(11-23-17(24-12)26-7-5-25(2)6-8-26)27-14-4-3-13(10-22)15(9-14)18(19,20)21/h3-4,9,11H,5-8H2,1-2H3. The van der Waals surface area contributed by atoms with Crippen molar-refractivity contribution in [2.45, 2.75) is 22.9 Å². The molecule has 9 heteroatoms. The van der Waals surface area contributed by atoms with E-state index in [1.807, 2.05) is 6.92 Å². The van der Waals surface area contributed by atoms with Crippen LogP contribution < -0.4 is 4.90 Å². The normalized spacial score (nSPS) is 15.6. The molecule has 0 spiro atoms. The fourth-order valence-corrected chi connectivity index (χ4v) is 3.61. The number of nitriles is 1. The second kappa shape index (κ2) is 7.74. The Morgan fingerprint density at radius 1 is 1.19 bits per heavy atom. The van der Waals surface area contributed by atoms with E-state index in [-0.39, 0.29) is 5.56 Å². The van der Waals surface area contributed by atoms with Crippen molar-refractivity contribution < 1.29 is 13.2 Å². The minimum atomic E-state index is -4.57. The molecule has 0 atom stereocenters. The van der Waals surface area contributed by atoms with E-state index in [9.17, 15) is 13.2 Å². The largest absolute Gasteiger partial charge is 0.417 e. The van der Waals surface area contributed by atoms with Crippen LogP contribution in [0, 0.1) is 18.3 Å². The van der Waals surface area contributed by atoms with Gasteiger partial charge in [0.15, 0.2) is 0 Å². The van der Waals surface area contributed by atoms with Crippen LogP contribution in [0.3, 0.4) is 0 Å². The third-order valence-electron chi connectivity index (χ3n) is 4.35. The number of halogens is 3. The summed E-state index contributed by atoms with van der Waals surface area (Å²) in [4.78, 5) is 14.3. The molecule has 1 aliphatic heterocycles. The first-order chi connectivity index (χ1) is 12.8. The Kier molecular flexibility index (Phi) is 5.58. The van der Waals surface area contributed by atoms with E-state index < -0.39 is 11.7 Å². The molecule has 0 aliphatic carbocycles. The quantitative estimate of drug-likeness (QED) is 0.795. The number of aromatic nitrogens is 2. The molecule has 2 heterocycles. The van der Waals surface area contributed by atoms with Crippen molar-refractivity contribution >= 4 is 17.7 Å². The highest BCUT2D eigenvalue weighted by atomic mass is 32.2. The van der Waals surface area contributed by atoms with Crippen molar-refractivity contribution in [3.8, 4) is 6.07 Å². The van der Waals surface area contributed by atoms with Crippen molar-refractivity contribution in [2.75, 3.05) is 38.1 Å². The van der Waals surface area contributed by atoms with E-state index in [4.69, 9.17) is 5.26 Å². The maximum absolute atomic E-state index is 13.1. The molecule has 1 aromatic carbocycles. The lowest BCUT2D eigenvalue weighted by atomic mass is 10.1. The average Bonchev–Trinajstić information content (AvgIpc) is 2.63. The van der Waals surface area contributed by atoms with Gasteiger partial charge in [-0.05, 0) is 32.2 Å². The Bertz CT molecular complexity index is 870. The van der Waals surface area contributed by atoms with Gasteiger partial charge in [0.1, 0.15) is 0 Å². The van der Waals surface area contributed by atoms with Gasteiger partial charge in [-0.3, -0.25) is 0 Å². The Balaban J connectivity index is 1.81. The fourth-order valence-electron chi connectivity index (χ4n) is 2.75. The van der Waals surface area contributed by atoms with Gasteiger partial charge in [-0.1, -0.05) is 11.8 Å². The molecular formula is C18H18F3N5S. The van der Waals surface area contributed by atoms with E-state index in [1.165, 1.54) is 12.1 Å². The first-order valence-corrected chi connectivity index (χ1v) is 9.16. The Morgan fingerprint density at radius 3 is 2.48 bits per heavy atom. The summed E-state index contributed by atoms with van der Waals surface area (Å²) in [5, 5.41) is 8.89. The summed E-state index contributed by atoms with van der Waals surface area (Å²) in [6.45, 7) is 5.37. The molecule has 0 saturated carbocycles. The number of anilines is 1. The molecule has 1 aromatic heterocycles. The van der Waals surface area contributed by atoms with E-state index in [0.717, 1.165) is 44.0 Å². The number of alkyl halides is 3. The van der Waals surface area contributed by atoms with Crippen LogP contribution >= 0.6 is 11.8 Å². The summed E-state index contributed by atoms with van der Waals surface area (Å²) in [6, 6.07) is 5.29. The summed E-state index contributed by atoms with van der Waals surface area (Å²) in [7, 11) is 2.07. The SMILES string of the molecule is Cc1nc(N2CCN(C)CC2)ncc1Sc1ccc(C#N)c(C(F)(F)F)c1. The second-order valence-corrected chi connectivity index (χ2v) is 7.44. The highest BCUT2D eigenvalue weighted by Gasteiger charge is 2.34. The number of rotatable bonds is 3. The summed E-state index contributed by atoms with van der Waals surface area (Å²) >= 11 is 1.16. The molecule has 0 amide bonds. The van der Waals surface area contributed by atoms with E-state index in [1.54, 1.807) is 12.3 Å². The zero-order valence-electron chi connectivity index (χ0n) is 14.9. The van der Waals surface area contributed by atoms with Crippen molar-refractivity contribution in [1.82, 2.24) is 14.9 Å². The van der Waals surface area contributed by atoms with Crippen LogP contribution in [0.1, 0.15) is 16.8 Å². The van der Waals surface area contributed by atoms with Crippen LogP contribution in [0.2, 0.25) is 0 Å². The van der Waals surface area contributed by atoms with Gasteiger partial charge in [-0.2, -0.15) is 18.4 Å². The average molecular weight is 393 g/mol.